The topological polar surface area (TPSA) is 106 Å². The van der Waals surface area contributed by atoms with Gasteiger partial charge in [-0.25, -0.2) is 4.39 Å². The van der Waals surface area contributed by atoms with Crippen molar-refractivity contribution >= 4 is 11.8 Å². The molecule has 2 aliphatic rings. The number of ketones is 1. The number of hydrogen-bond donors (Lipinski definition) is 2. The monoisotopic (exact) mass is 311 g/mol. The molecule has 0 radical (unpaired) electrons. The van der Waals surface area contributed by atoms with Crippen molar-refractivity contribution in [2.45, 2.75) is 29.9 Å². The fraction of sp³-hybridized carbons (Fsp3) is 0.500. The lowest BCUT2D eigenvalue weighted by molar-refractivity contribution is -0.256. The minimum Gasteiger partial charge on any atom is -0.460 e. The number of pyridine rings is 1. The molecule has 0 bridgehead atoms. The minimum absolute atomic E-state index is 0.00885. The summed E-state index contributed by atoms with van der Waals surface area (Å²) in [5.74, 6) is -4.36. The number of aliphatic hydroxyl groups is 2. The average Bonchev–Trinajstić information content (AvgIpc) is 2.86. The molecule has 7 nitrogen and oxygen atoms in total. The number of aromatic nitrogens is 1. The molecule has 3 rings (SSSR count). The van der Waals surface area contributed by atoms with E-state index in [9.17, 15) is 24.2 Å². The van der Waals surface area contributed by atoms with E-state index in [0.717, 1.165) is 5.56 Å². The van der Waals surface area contributed by atoms with Gasteiger partial charge in [-0.2, -0.15) is 0 Å². The van der Waals surface area contributed by atoms with E-state index < -0.39 is 42.0 Å². The number of aryl methyl sites for hydroxylation is 1. The number of ether oxygens (including phenoxy) is 2. The Morgan fingerprint density at radius 1 is 1.50 bits per heavy atom. The maximum Gasteiger partial charge on any atom is 0.306 e. The highest BCUT2D eigenvalue weighted by Gasteiger charge is 2.92. The predicted octanol–water partition coefficient (Wildman–Crippen LogP) is -0.702. The first-order valence-electron chi connectivity index (χ1n) is 6.70. The lowest BCUT2D eigenvalue weighted by Gasteiger charge is -2.26. The summed E-state index contributed by atoms with van der Waals surface area (Å²) in [5.41, 5.74) is -4.43. The summed E-state index contributed by atoms with van der Waals surface area (Å²) in [7, 11) is 0. The Balaban J connectivity index is 1.53. The van der Waals surface area contributed by atoms with Crippen LogP contribution in [0, 0.1) is 0 Å². The molecule has 1 aromatic heterocycles. The highest BCUT2D eigenvalue weighted by Crippen LogP contribution is 2.59. The fourth-order valence-electron chi connectivity index (χ4n) is 2.55. The summed E-state index contributed by atoms with van der Waals surface area (Å²) < 4.78 is 23.3. The van der Waals surface area contributed by atoms with E-state index in [1.165, 1.54) is 0 Å². The number of Topliss-reactive ketones (excluding diaryl/α,β-unsaturated/α-hetero) is 1. The van der Waals surface area contributed by atoms with Crippen LogP contribution in [0.1, 0.15) is 12.0 Å². The molecule has 1 aliphatic heterocycles. The number of carbonyl (C=O) groups excluding carboxylic acids is 2. The molecule has 22 heavy (non-hydrogen) atoms. The van der Waals surface area contributed by atoms with Crippen molar-refractivity contribution < 1.29 is 33.7 Å². The molecule has 2 N–H and O–H groups in total. The molecule has 2 heterocycles. The number of rotatable bonds is 5. The average molecular weight is 311 g/mol. The van der Waals surface area contributed by atoms with Gasteiger partial charge in [0.25, 0.3) is 0 Å². The number of alkyl halides is 1. The maximum atomic E-state index is 13.8. The molecule has 0 amide bonds. The van der Waals surface area contributed by atoms with Crippen LogP contribution in [0.5, 0.6) is 0 Å². The SMILES string of the molecule is O=C(CCc1cccnc1)OCC1(O)OCC2(F)C(=O)C12O. The summed E-state index contributed by atoms with van der Waals surface area (Å²) in [4.78, 5) is 26.8. The molecule has 0 spiro atoms. The number of halogens is 1. The van der Waals surface area contributed by atoms with E-state index in [-0.39, 0.29) is 6.42 Å². The Kier molecular flexibility index (Phi) is 3.28. The Hall–Kier alpha value is -1.90. The van der Waals surface area contributed by atoms with Crippen molar-refractivity contribution in [3.63, 3.8) is 0 Å². The molecule has 1 saturated carbocycles. The normalized spacial score (nSPS) is 36.0. The molecule has 3 unspecified atom stereocenters. The van der Waals surface area contributed by atoms with Crippen LogP contribution < -0.4 is 0 Å². The van der Waals surface area contributed by atoms with Gasteiger partial charge in [0.05, 0.1) is 6.61 Å². The highest BCUT2D eigenvalue weighted by atomic mass is 19.1. The molecule has 1 saturated heterocycles. The van der Waals surface area contributed by atoms with Crippen LogP contribution in [0.3, 0.4) is 0 Å². The summed E-state index contributed by atoms with van der Waals surface area (Å²) >= 11 is 0. The van der Waals surface area contributed by atoms with E-state index in [4.69, 9.17) is 9.47 Å². The van der Waals surface area contributed by atoms with E-state index in [2.05, 4.69) is 4.98 Å². The second-order valence-corrected chi connectivity index (χ2v) is 5.44. The van der Waals surface area contributed by atoms with Crippen molar-refractivity contribution in [3.05, 3.63) is 30.1 Å². The second kappa shape index (κ2) is 4.80. The van der Waals surface area contributed by atoms with Crippen LogP contribution in [0.4, 0.5) is 4.39 Å². The Labute approximate surface area is 124 Å². The number of carbonyl (C=O) groups is 2. The van der Waals surface area contributed by atoms with Gasteiger partial charge in [0.15, 0.2) is 0 Å². The van der Waals surface area contributed by atoms with Crippen molar-refractivity contribution in [1.29, 1.82) is 0 Å². The van der Waals surface area contributed by atoms with Gasteiger partial charge >= 0.3 is 5.97 Å². The number of esters is 1. The predicted molar refractivity (Wildman–Crippen MR) is 68.2 cm³/mol. The zero-order chi connectivity index (χ0) is 16.0. The fourth-order valence-corrected chi connectivity index (χ4v) is 2.55. The van der Waals surface area contributed by atoms with Gasteiger partial charge in [0.1, 0.15) is 6.61 Å². The maximum absolute atomic E-state index is 13.8. The van der Waals surface area contributed by atoms with Crippen molar-refractivity contribution in [2.24, 2.45) is 0 Å². The van der Waals surface area contributed by atoms with Crippen molar-refractivity contribution in [3.8, 4) is 0 Å². The lowest BCUT2D eigenvalue weighted by Crippen LogP contribution is -2.50. The Bertz CT molecular complexity index is 625. The van der Waals surface area contributed by atoms with Gasteiger partial charge < -0.3 is 19.7 Å². The number of nitrogens with zero attached hydrogens (tertiary/aromatic N) is 1. The van der Waals surface area contributed by atoms with Crippen LogP contribution >= 0.6 is 0 Å². The van der Waals surface area contributed by atoms with Crippen molar-refractivity contribution in [2.75, 3.05) is 13.2 Å². The molecule has 118 valence electrons. The molecule has 3 atom stereocenters. The molecule has 0 aromatic carbocycles. The third kappa shape index (κ3) is 1.95. The molecular formula is C14H14FNO6. The summed E-state index contributed by atoms with van der Waals surface area (Å²) in [6, 6.07) is 3.52. The van der Waals surface area contributed by atoms with E-state index in [1.54, 1.807) is 24.5 Å². The van der Waals surface area contributed by atoms with E-state index >= 15 is 0 Å². The van der Waals surface area contributed by atoms with Gasteiger partial charge in [-0.05, 0) is 18.1 Å². The summed E-state index contributed by atoms with van der Waals surface area (Å²) in [6.07, 6.45) is 3.59. The highest BCUT2D eigenvalue weighted by molar-refractivity contribution is 6.16. The number of fused-ring (bicyclic) bond motifs is 1. The first-order chi connectivity index (χ1) is 10.3. The summed E-state index contributed by atoms with van der Waals surface area (Å²) in [5, 5.41) is 19.8. The van der Waals surface area contributed by atoms with Crippen LogP contribution in [-0.2, 0) is 25.5 Å². The second-order valence-electron chi connectivity index (χ2n) is 5.44. The molecule has 1 aliphatic carbocycles. The standard InChI is InChI=1S/C14H14FNO6/c15-12-7-22-13(19,14(12,20)11(12)18)8-21-10(17)4-3-9-2-1-5-16-6-9/h1-2,5-6,19-20H,3-4,7-8H2. The zero-order valence-corrected chi connectivity index (χ0v) is 11.5. The Morgan fingerprint density at radius 2 is 2.27 bits per heavy atom. The third-order valence-electron chi connectivity index (χ3n) is 4.04. The summed E-state index contributed by atoms with van der Waals surface area (Å²) in [6.45, 7) is -1.57. The lowest BCUT2D eigenvalue weighted by atomic mass is 10.1. The first-order valence-corrected chi connectivity index (χ1v) is 6.70. The first kappa shape index (κ1) is 15.0. The molecular weight excluding hydrogens is 297 g/mol. The van der Waals surface area contributed by atoms with Crippen LogP contribution in [0.2, 0.25) is 0 Å². The van der Waals surface area contributed by atoms with E-state index in [0.29, 0.717) is 6.42 Å². The molecule has 2 fully saturated rings. The minimum atomic E-state index is -2.65. The van der Waals surface area contributed by atoms with Gasteiger partial charge in [0, 0.05) is 18.8 Å². The molecule has 1 aromatic rings. The largest absolute Gasteiger partial charge is 0.460 e. The van der Waals surface area contributed by atoms with Crippen molar-refractivity contribution in [1.82, 2.24) is 4.98 Å². The van der Waals surface area contributed by atoms with Crippen LogP contribution in [0.25, 0.3) is 0 Å². The third-order valence-corrected chi connectivity index (χ3v) is 4.04. The van der Waals surface area contributed by atoms with Gasteiger partial charge in [-0.15, -0.1) is 0 Å². The molecule has 8 heteroatoms. The smallest absolute Gasteiger partial charge is 0.306 e. The zero-order valence-electron chi connectivity index (χ0n) is 11.5. The van der Waals surface area contributed by atoms with Crippen LogP contribution in [-0.4, -0.2) is 57.2 Å². The quantitative estimate of drug-likeness (QED) is 0.692. The van der Waals surface area contributed by atoms with Gasteiger partial charge in [-0.1, -0.05) is 6.07 Å². The Morgan fingerprint density at radius 3 is 2.86 bits per heavy atom. The van der Waals surface area contributed by atoms with Gasteiger partial charge in [0.2, 0.25) is 22.8 Å². The van der Waals surface area contributed by atoms with Crippen LogP contribution in [0.15, 0.2) is 24.5 Å². The van der Waals surface area contributed by atoms with E-state index in [1.807, 2.05) is 0 Å². The number of hydrogen-bond acceptors (Lipinski definition) is 7. The van der Waals surface area contributed by atoms with Gasteiger partial charge in [-0.3, -0.25) is 14.6 Å².